The second-order valence-corrected chi connectivity index (χ2v) is 8.10. The average molecular weight is 365 g/mol. The lowest BCUT2D eigenvalue weighted by molar-refractivity contribution is 0.282. The Morgan fingerprint density at radius 3 is 0.846 bits per heavy atom. The van der Waals surface area contributed by atoms with Crippen molar-refractivity contribution in [3.63, 3.8) is 0 Å². The topological polar surface area (TPSA) is 20.2 Å². The Bertz CT molecular complexity index is 278. The number of terminal acetylenes is 1. The molecule has 0 aromatic heterocycles. The van der Waals surface area contributed by atoms with Gasteiger partial charge in [0.15, 0.2) is 0 Å². The predicted octanol–water partition coefficient (Wildman–Crippen LogP) is 8.19. The Morgan fingerprint density at radius 2 is 0.615 bits per heavy atom. The van der Waals surface area contributed by atoms with Gasteiger partial charge in [0.2, 0.25) is 0 Å². The molecular formula is C25H48O. The summed E-state index contributed by atoms with van der Waals surface area (Å²) in [6.45, 7) is 0.369. The van der Waals surface area contributed by atoms with E-state index in [-0.39, 0.29) is 0 Å². The van der Waals surface area contributed by atoms with Crippen LogP contribution in [0.4, 0.5) is 0 Å². The second kappa shape index (κ2) is 24.5. The number of hydrogen-bond donors (Lipinski definition) is 1. The maximum atomic E-state index is 8.73. The zero-order valence-corrected chi connectivity index (χ0v) is 17.8. The third-order valence-corrected chi connectivity index (χ3v) is 5.48. The van der Waals surface area contributed by atoms with Gasteiger partial charge in [-0.3, -0.25) is 0 Å². The minimum atomic E-state index is 0.369. The van der Waals surface area contributed by atoms with Gasteiger partial charge in [-0.2, -0.15) is 0 Å². The molecule has 0 spiro atoms. The summed E-state index contributed by atoms with van der Waals surface area (Å²) in [6.07, 6.45) is 35.2. The molecule has 1 N–H and O–H groups in total. The molecule has 0 aliphatic rings. The van der Waals surface area contributed by atoms with Crippen LogP contribution in [0.1, 0.15) is 141 Å². The summed E-state index contributed by atoms with van der Waals surface area (Å²) < 4.78 is 0. The highest BCUT2D eigenvalue weighted by molar-refractivity contribution is 4.82. The van der Waals surface area contributed by atoms with Gasteiger partial charge in [0.1, 0.15) is 0 Å². The normalized spacial score (nSPS) is 10.9. The van der Waals surface area contributed by atoms with E-state index in [2.05, 4.69) is 5.92 Å². The van der Waals surface area contributed by atoms with E-state index in [1.54, 1.807) is 0 Å². The van der Waals surface area contributed by atoms with Crippen LogP contribution in [0.5, 0.6) is 0 Å². The number of hydrogen-bond acceptors (Lipinski definition) is 1. The molecule has 0 saturated carbocycles. The molecular weight excluding hydrogens is 316 g/mol. The summed E-state index contributed by atoms with van der Waals surface area (Å²) in [4.78, 5) is 0. The van der Waals surface area contributed by atoms with Crippen LogP contribution in [0.3, 0.4) is 0 Å². The number of aliphatic hydroxyl groups is 1. The summed E-state index contributed by atoms with van der Waals surface area (Å²) in [5, 5.41) is 8.73. The highest BCUT2D eigenvalue weighted by Gasteiger charge is 1.95. The van der Waals surface area contributed by atoms with Crippen LogP contribution in [0, 0.1) is 12.3 Å². The van der Waals surface area contributed by atoms with E-state index in [1.165, 1.54) is 128 Å². The smallest absolute Gasteiger partial charge is 0.0431 e. The molecule has 0 fully saturated rings. The lowest BCUT2D eigenvalue weighted by atomic mass is 10.0. The van der Waals surface area contributed by atoms with Gasteiger partial charge in [0.25, 0.3) is 0 Å². The first-order valence-corrected chi connectivity index (χ1v) is 12.0. The minimum absolute atomic E-state index is 0.369. The Labute approximate surface area is 165 Å². The molecule has 154 valence electrons. The Kier molecular flexibility index (Phi) is 24.1. The zero-order valence-electron chi connectivity index (χ0n) is 17.8. The SMILES string of the molecule is C#CCCCCCCCCCCCCCCCCCCCCCCCO. The van der Waals surface area contributed by atoms with E-state index in [9.17, 15) is 0 Å². The van der Waals surface area contributed by atoms with Crippen LogP contribution in [0.15, 0.2) is 0 Å². The maximum absolute atomic E-state index is 8.73. The fourth-order valence-corrected chi connectivity index (χ4v) is 3.70. The molecule has 0 aromatic carbocycles. The van der Waals surface area contributed by atoms with Crippen LogP contribution in [0.25, 0.3) is 0 Å². The van der Waals surface area contributed by atoms with Crippen LogP contribution in [-0.2, 0) is 0 Å². The van der Waals surface area contributed by atoms with E-state index in [0.29, 0.717) is 6.61 Å². The van der Waals surface area contributed by atoms with Crippen molar-refractivity contribution in [1.82, 2.24) is 0 Å². The molecule has 1 nitrogen and oxygen atoms in total. The molecule has 0 saturated heterocycles. The minimum Gasteiger partial charge on any atom is -0.396 e. The van der Waals surface area contributed by atoms with Crippen LogP contribution < -0.4 is 0 Å². The van der Waals surface area contributed by atoms with Gasteiger partial charge < -0.3 is 5.11 Å². The molecule has 1 heteroatoms. The molecule has 0 bridgehead atoms. The van der Waals surface area contributed by atoms with Crippen molar-refractivity contribution in [1.29, 1.82) is 0 Å². The molecule has 0 aliphatic heterocycles. The highest BCUT2D eigenvalue weighted by atomic mass is 16.2. The van der Waals surface area contributed by atoms with Gasteiger partial charge in [-0.1, -0.05) is 122 Å². The first-order chi connectivity index (χ1) is 12.9. The van der Waals surface area contributed by atoms with Crippen molar-refractivity contribution >= 4 is 0 Å². The van der Waals surface area contributed by atoms with Crippen molar-refractivity contribution in [2.24, 2.45) is 0 Å². The molecule has 0 aliphatic carbocycles. The van der Waals surface area contributed by atoms with Crippen molar-refractivity contribution in [2.75, 3.05) is 6.61 Å². The first-order valence-electron chi connectivity index (χ1n) is 12.0. The number of rotatable bonds is 22. The third-order valence-electron chi connectivity index (χ3n) is 5.48. The number of unbranched alkanes of at least 4 members (excludes halogenated alkanes) is 21. The molecule has 0 radical (unpaired) electrons. The molecule has 0 heterocycles. The van der Waals surface area contributed by atoms with Crippen molar-refractivity contribution in [2.45, 2.75) is 141 Å². The lowest BCUT2D eigenvalue weighted by Gasteiger charge is -2.04. The predicted molar refractivity (Wildman–Crippen MR) is 117 cm³/mol. The Hall–Kier alpha value is -0.480. The Morgan fingerprint density at radius 1 is 0.385 bits per heavy atom. The fourth-order valence-electron chi connectivity index (χ4n) is 3.70. The fraction of sp³-hybridized carbons (Fsp3) is 0.920. The monoisotopic (exact) mass is 364 g/mol. The van der Waals surface area contributed by atoms with Gasteiger partial charge in [-0.05, 0) is 12.8 Å². The molecule has 0 rings (SSSR count). The van der Waals surface area contributed by atoms with Crippen LogP contribution in [-0.4, -0.2) is 11.7 Å². The lowest BCUT2D eigenvalue weighted by Crippen LogP contribution is -1.85. The summed E-state index contributed by atoms with van der Waals surface area (Å²) >= 11 is 0. The third kappa shape index (κ3) is 23.5. The highest BCUT2D eigenvalue weighted by Crippen LogP contribution is 2.15. The second-order valence-electron chi connectivity index (χ2n) is 8.10. The van der Waals surface area contributed by atoms with E-state index < -0.39 is 0 Å². The van der Waals surface area contributed by atoms with Crippen LogP contribution in [0.2, 0.25) is 0 Å². The number of aliphatic hydroxyl groups excluding tert-OH is 1. The summed E-state index contributed by atoms with van der Waals surface area (Å²) in [5.74, 6) is 2.72. The van der Waals surface area contributed by atoms with Gasteiger partial charge in [-0.15, -0.1) is 12.3 Å². The van der Waals surface area contributed by atoms with Gasteiger partial charge in [-0.25, -0.2) is 0 Å². The van der Waals surface area contributed by atoms with Gasteiger partial charge in [0.05, 0.1) is 0 Å². The van der Waals surface area contributed by atoms with Crippen molar-refractivity contribution < 1.29 is 5.11 Å². The van der Waals surface area contributed by atoms with Crippen LogP contribution >= 0.6 is 0 Å². The Balaban J connectivity index is 2.96. The largest absolute Gasteiger partial charge is 0.396 e. The quantitative estimate of drug-likeness (QED) is 0.152. The maximum Gasteiger partial charge on any atom is 0.0431 e. The molecule has 0 atom stereocenters. The average Bonchev–Trinajstić information content (AvgIpc) is 2.66. The van der Waals surface area contributed by atoms with E-state index >= 15 is 0 Å². The molecule has 0 aromatic rings. The van der Waals surface area contributed by atoms with E-state index in [4.69, 9.17) is 11.5 Å². The molecule has 0 amide bonds. The van der Waals surface area contributed by atoms with Crippen molar-refractivity contribution in [3.8, 4) is 12.3 Å². The molecule has 26 heavy (non-hydrogen) atoms. The van der Waals surface area contributed by atoms with E-state index in [1.807, 2.05) is 0 Å². The summed E-state index contributed by atoms with van der Waals surface area (Å²) in [5.41, 5.74) is 0. The van der Waals surface area contributed by atoms with Gasteiger partial charge in [0, 0.05) is 13.0 Å². The van der Waals surface area contributed by atoms with Crippen molar-refractivity contribution in [3.05, 3.63) is 0 Å². The van der Waals surface area contributed by atoms with E-state index in [0.717, 1.165) is 12.8 Å². The standard InChI is InChI=1S/C25H48O/c1-2-3-4-5-6-7-8-9-10-11-12-13-14-15-16-17-18-19-20-21-22-23-24-25-26/h1,26H,3-25H2. The zero-order chi connectivity index (χ0) is 19.0. The summed E-state index contributed by atoms with van der Waals surface area (Å²) in [6, 6.07) is 0. The summed E-state index contributed by atoms with van der Waals surface area (Å²) in [7, 11) is 0. The first kappa shape index (κ1) is 25.5. The molecule has 0 unspecified atom stereocenters. The van der Waals surface area contributed by atoms with Gasteiger partial charge >= 0.3 is 0 Å².